The number of aromatic nitrogens is 2. The van der Waals surface area contributed by atoms with Crippen molar-refractivity contribution in [2.24, 2.45) is 5.73 Å². The molecule has 1 aromatic heterocycles. The van der Waals surface area contributed by atoms with Gasteiger partial charge in [-0.15, -0.1) is 0 Å². The van der Waals surface area contributed by atoms with Crippen LogP contribution < -0.4 is 5.73 Å². The van der Waals surface area contributed by atoms with Crippen LogP contribution in [0.25, 0.3) is 5.69 Å². The van der Waals surface area contributed by atoms with Crippen molar-refractivity contribution in [2.75, 3.05) is 0 Å². The molecule has 2 rings (SSSR count). The summed E-state index contributed by atoms with van der Waals surface area (Å²) in [6.45, 7) is 4.80. The Bertz CT molecular complexity index is 486. The van der Waals surface area contributed by atoms with Gasteiger partial charge in [-0.25, -0.2) is 4.98 Å². The maximum Gasteiger partial charge on any atom is 0.112 e. The van der Waals surface area contributed by atoms with E-state index >= 15 is 0 Å². The summed E-state index contributed by atoms with van der Waals surface area (Å²) in [4.78, 5) is 4.32. The molecule has 0 atom stereocenters. The van der Waals surface area contributed by atoms with E-state index in [2.05, 4.69) is 41.6 Å². The van der Waals surface area contributed by atoms with E-state index in [-0.39, 0.29) is 0 Å². The van der Waals surface area contributed by atoms with Gasteiger partial charge in [0.15, 0.2) is 0 Å². The highest BCUT2D eigenvalue weighted by atomic mass is 15.1. The maximum atomic E-state index is 5.66. The Labute approximate surface area is 95.9 Å². The van der Waals surface area contributed by atoms with E-state index < -0.39 is 0 Å². The normalized spacial score (nSPS) is 10.7. The van der Waals surface area contributed by atoms with Crippen molar-refractivity contribution in [3.05, 3.63) is 47.5 Å². The number of hydrogen-bond donors (Lipinski definition) is 1. The summed E-state index contributed by atoms with van der Waals surface area (Å²) >= 11 is 0. The summed E-state index contributed by atoms with van der Waals surface area (Å²) in [5, 5.41) is 0. The summed E-state index contributed by atoms with van der Waals surface area (Å²) in [5.41, 5.74) is 9.24. The van der Waals surface area contributed by atoms with Gasteiger partial charge in [0.25, 0.3) is 0 Å². The predicted molar refractivity (Wildman–Crippen MR) is 65.6 cm³/mol. The van der Waals surface area contributed by atoms with Crippen molar-refractivity contribution in [1.82, 2.24) is 9.55 Å². The quantitative estimate of drug-likeness (QED) is 0.853. The monoisotopic (exact) mass is 215 g/mol. The minimum absolute atomic E-state index is 0.594. The van der Waals surface area contributed by atoms with Crippen molar-refractivity contribution < 1.29 is 0 Å². The molecule has 2 aromatic rings. The van der Waals surface area contributed by atoms with Crippen LogP contribution in [-0.2, 0) is 13.0 Å². The van der Waals surface area contributed by atoms with Crippen LogP contribution in [0, 0.1) is 6.92 Å². The lowest BCUT2D eigenvalue weighted by molar-refractivity contribution is 0.888. The third-order valence-corrected chi connectivity index (χ3v) is 2.86. The van der Waals surface area contributed by atoms with Gasteiger partial charge in [0.2, 0.25) is 0 Å². The second-order valence-electron chi connectivity index (χ2n) is 3.88. The molecule has 0 spiro atoms. The Morgan fingerprint density at radius 3 is 2.81 bits per heavy atom. The van der Waals surface area contributed by atoms with Gasteiger partial charge in [0, 0.05) is 31.0 Å². The molecule has 0 amide bonds. The number of nitrogens with two attached hydrogens (primary N) is 1. The van der Waals surface area contributed by atoms with Crippen LogP contribution in [0.4, 0.5) is 0 Å². The molecular formula is C13H17N3. The smallest absolute Gasteiger partial charge is 0.112 e. The first-order chi connectivity index (χ1) is 7.76. The van der Waals surface area contributed by atoms with Crippen LogP contribution in [0.2, 0.25) is 0 Å². The number of rotatable bonds is 3. The van der Waals surface area contributed by atoms with E-state index in [0.717, 1.165) is 17.9 Å². The molecule has 1 aromatic carbocycles. The molecule has 0 radical (unpaired) electrons. The predicted octanol–water partition coefficient (Wildman–Crippen LogP) is 2.20. The van der Waals surface area contributed by atoms with E-state index in [0.29, 0.717) is 6.54 Å². The summed E-state index contributed by atoms with van der Waals surface area (Å²) < 4.78 is 2.12. The molecule has 0 unspecified atom stereocenters. The topological polar surface area (TPSA) is 43.8 Å². The summed E-state index contributed by atoms with van der Waals surface area (Å²) in [6, 6.07) is 6.34. The highest BCUT2D eigenvalue weighted by Gasteiger charge is 2.04. The molecule has 3 heteroatoms. The van der Waals surface area contributed by atoms with Gasteiger partial charge in [-0.3, -0.25) is 0 Å². The molecule has 0 bridgehead atoms. The second kappa shape index (κ2) is 4.49. The zero-order chi connectivity index (χ0) is 11.5. The summed E-state index contributed by atoms with van der Waals surface area (Å²) in [7, 11) is 0. The Morgan fingerprint density at radius 1 is 1.38 bits per heavy atom. The van der Waals surface area contributed by atoms with Crippen LogP contribution in [0.5, 0.6) is 0 Å². The summed E-state index contributed by atoms with van der Waals surface area (Å²) in [5.74, 6) is 1.08. The molecular weight excluding hydrogens is 198 g/mol. The van der Waals surface area contributed by atoms with Crippen molar-refractivity contribution in [3.63, 3.8) is 0 Å². The number of benzene rings is 1. The SMILES string of the molecule is CCc1nccn1-c1ccc(CN)c(C)c1. The highest BCUT2D eigenvalue weighted by Crippen LogP contribution is 2.16. The van der Waals surface area contributed by atoms with Crippen molar-refractivity contribution >= 4 is 0 Å². The fourth-order valence-electron chi connectivity index (χ4n) is 1.89. The van der Waals surface area contributed by atoms with Crippen molar-refractivity contribution in [1.29, 1.82) is 0 Å². The lowest BCUT2D eigenvalue weighted by atomic mass is 10.1. The highest BCUT2D eigenvalue weighted by molar-refractivity contribution is 5.41. The van der Waals surface area contributed by atoms with Gasteiger partial charge in [0.05, 0.1) is 0 Å². The lowest BCUT2D eigenvalue weighted by Gasteiger charge is -2.09. The Hall–Kier alpha value is -1.61. The molecule has 1 heterocycles. The molecule has 2 N–H and O–H groups in total. The van der Waals surface area contributed by atoms with Crippen LogP contribution in [0.3, 0.4) is 0 Å². The fraction of sp³-hybridized carbons (Fsp3) is 0.308. The van der Waals surface area contributed by atoms with Gasteiger partial charge in [-0.05, 0) is 30.2 Å². The van der Waals surface area contributed by atoms with Crippen LogP contribution in [0.1, 0.15) is 23.9 Å². The zero-order valence-electron chi connectivity index (χ0n) is 9.77. The van der Waals surface area contributed by atoms with Crippen LogP contribution in [-0.4, -0.2) is 9.55 Å². The van der Waals surface area contributed by atoms with Gasteiger partial charge in [-0.2, -0.15) is 0 Å². The number of aryl methyl sites for hydroxylation is 2. The third kappa shape index (κ3) is 1.86. The Kier molecular flexibility index (Phi) is 3.06. The molecule has 0 saturated heterocycles. The maximum absolute atomic E-state index is 5.66. The molecule has 0 saturated carbocycles. The molecule has 0 fully saturated rings. The first-order valence-electron chi connectivity index (χ1n) is 5.58. The number of imidazole rings is 1. The minimum atomic E-state index is 0.594. The molecule has 16 heavy (non-hydrogen) atoms. The van der Waals surface area contributed by atoms with E-state index in [1.54, 1.807) is 0 Å². The molecule has 3 nitrogen and oxygen atoms in total. The molecule has 0 aliphatic heterocycles. The average Bonchev–Trinajstić information content (AvgIpc) is 2.77. The van der Waals surface area contributed by atoms with Gasteiger partial charge in [0.1, 0.15) is 5.82 Å². The van der Waals surface area contributed by atoms with Crippen molar-refractivity contribution in [2.45, 2.75) is 26.8 Å². The standard InChI is InChI=1S/C13H17N3/c1-3-13-15-6-7-16(13)12-5-4-11(9-14)10(2)8-12/h4-8H,3,9,14H2,1-2H3. The lowest BCUT2D eigenvalue weighted by Crippen LogP contribution is -2.03. The summed E-state index contributed by atoms with van der Waals surface area (Å²) in [6.07, 6.45) is 4.77. The van der Waals surface area contributed by atoms with E-state index in [9.17, 15) is 0 Å². The molecule has 0 aliphatic rings. The Morgan fingerprint density at radius 2 is 2.19 bits per heavy atom. The minimum Gasteiger partial charge on any atom is -0.326 e. The number of nitrogens with zero attached hydrogens (tertiary/aromatic N) is 2. The van der Waals surface area contributed by atoms with E-state index in [1.807, 2.05) is 12.4 Å². The number of hydrogen-bond acceptors (Lipinski definition) is 2. The third-order valence-electron chi connectivity index (χ3n) is 2.86. The van der Waals surface area contributed by atoms with Crippen LogP contribution >= 0.6 is 0 Å². The van der Waals surface area contributed by atoms with E-state index in [1.165, 1.54) is 11.1 Å². The van der Waals surface area contributed by atoms with Crippen molar-refractivity contribution in [3.8, 4) is 5.69 Å². The van der Waals surface area contributed by atoms with Crippen LogP contribution in [0.15, 0.2) is 30.6 Å². The van der Waals surface area contributed by atoms with E-state index in [4.69, 9.17) is 5.73 Å². The van der Waals surface area contributed by atoms with Gasteiger partial charge < -0.3 is 10.3 Å². The van der Waals surface area contributed by atoms with Gasteiger partial charge >= 0.3 is 0 Å². The first-order valence-corrected chi connectivity index (χ1v) is 5.58. The largest absolute Gasteiger partial charge is 0.326 e. The Balaban J connectivity index is 2.45. The zero-order valence-corrected chi connectivity index (χ0v) is 9.77. The second-order valence-corrected chi connectivity index (χ2v) is 3.88. The first kappa shape index (κ1) is 10.9. The molecule has 0 aliphatic carbocycles. The average molecular weight is 215 g/mol. The van der Waals surface area contributed by atoms with Gasteiger partial charge in [-0.1, -0.05) is 13.0 Å². The fourth-order valence-corrected chi connectivity index (χ4v) is 1.89. The molecule has 84 valence electrons.